The topological polar surface area (TPSA) is 65.7 Å². The van der Waals surface area contributed by atoms with E-state index in [1.165, 1.54) is 0 Å². The van der Waals surface area contributed by atoms with Crippen molar-refractivity contribution < 1.29 is 8.91 Å². The van der Waals surface area contributed by atoms with E-state index in [-0.39, 0.29) is 35.8 Å². The number of aromatic nitrogens is 1. The minimum absolute atomic E-state index is 0. The van der Waals surface area contributed by atoms with Gasteiger partial charge in [-0.05, 0) is 57.7 Å². The van der Waals surface area contributed by atoms with Gasteiger partial charge >= 0.3 is 0 Å². The first-order valence-corrected chi connectivity index (χ1v) is 9.88. The molecule has 29 heavy (non-hydrogen) atoms. The summed E-state index contributed by atoms with van der Waals surface area (Å²) in [5.41, 5.74) is 3.84. The maximum Gasteiger partial charge on any atom is 0.191 e. The van der Waals surface area contributed by atoms with Crippen LogP contribution < -0.4 is 15.5 Å². The highest BCUT2D eigenvalue weighted by Crippen LogP contribution is 2.24. The molecule has 0 aliphatic carbocycles. The van der Waals surface area contributed by atoms with Crippen LogP contribution in [0.25, 0.3) is 0 Å². The van der Waals surface area contributed by atoms with Gasteiger partial charge in [0.15, 0.2) is 5.96 Å². The van der Waals surface area contributed by atoms with Crippen LogP contribution in [0.15, 0.2) is 27.7 Å². The van der Waals surface area contributed by atoms with Gasteiger partial charge in [0.2, 0.25) is 0 Å². The van der Waals surface area contributed by atoms with Crippen LogP contribution in [-0.2, 0) is 6.42 Å². The number of benzene rings is 1. The molecule has 0 radical (unpaired) electrons. The molecule has 0 bridgehead atoms. The molecule has 1 fully saturated rings. The molecule has 0 spiro atoms. The van der Waals surface area contributed by atoms with E-state index in [0.29, 0.717) is 5.69 Å². The highest BCUT2D eigenvalue weighted by Gasteiger charge is 2.23. The third kappa shape index (κ3) is 6.07. The molecular formula is C21H31FIN5O. The van der Waals surface area contributed by atoms with Crippen LogP contribution in [0.4, 0.5) is 10.1 Å². The standard InChI is InChI=1S/C21H30FN5O.HI/c1-14-7-8-19(22)20(12-14)27-11-5-6-17(13-27)25-21(23-4)24-10-9-18-15(2)26-28-16(18)3;/h7-8,12,17H,5-6,9-11,13H2,1-4H3,(H2,23,24,25);1H. The number of aryl methyl sites for hydroxylation is 3. The molecule has 1 saturated heterocycles. The smallest absolute Gasteiger partial charge is 0.191 e. The van der Waals surface area contributed by atoms with Crippen LogP contribution in [0.1, 0.15) is 35.4 Å². The Morgan fingerprint density at radius 2 is 2.14 bits per heavy atom. The number of anilines is 1. The van der Waals surface area contributed by atoms with E-state index in [1.54, 1.807) is 13.1 Å². The molecule has 0 saturated carbocycles. The number of aliphatic imine (C=N–C) groups is 1. The summed E-state index contributed by atoms with van der Waals surface area (Å²) >= 11 is 0. The van der Waals surface area contributed by atoms with Gasteiger partial charge in [-0.25, -0.2) is 4.39 Å². The van der Waals surface area contributed by atoms with Crippen molar-refractivity contribution in [3.63, 3.8) is 0 Å². The summed E-state index contributed by atoms with van der Waals surface area (Å²) < 4.78 is 19.5. The van der Waals surface area contributed by atoms with Gasteiger partial charge in [-0.3, -0.25) is 4.99 Å². The third-order valence-electron chi connectivity index (χ3n) is 5.28. The summed E-state index contributed by atoms with van der Waals surface area (Å²) in [5, 5.41) is 10.8. The summed E-state index contributed by atoms with van der Waals surface area (Å²) in [7, 11) is 1.77. The zero-order valence-corrected chi connectivity index (χ0v) is 19.9. The lowest BCUT2D eigenvalue weighted by atomic mass is 10.0. The first kappa shape index (κ1) is 23.4. The van der Waals surface area contributed by atoms with E-state index in [1.807, 2.05) is 32.9 Å². The number of nitrogens with zero attached hydrogens (tertiary/aromatic N) is 3. The van der Waals surface area contributed by atoms with Crippen molar-refractivity contribution in [1.82, 2.24) is 15.8 Å². The SMILES string of the molecule is CN=C(NCCc1c(C)noc1C)NC1CCCN(c2cc(C)ccc2F)C1.I. The molecule has 2 heterocycles. The van der Waals surface area contributed by atoms with Gasteiger partial charge in [-0.2, -0.15) is 0 Å². The molecule has 3 rings (SSSR count). The second-order valence-electron chi connectivity index (χ2n) is 7.44. The first-order chi connectivity index (χ1) is 13.5. The predicted octanol–water partition coefficient (Wildman–Crippen LogP) is 3.73. The molecule has 2 N–H and O–H groups in total. The first-order valence-electron chi connectivity index (χ1n) is 9.88. The van der Waals surface area contributed by atoms with Crippen LogP contribution in [0.5, 0.6) is 0 Å². The second-order valence-corrected chi connectivity index (χ2v) is 7.44. The maximum atomic E-state index is 14.3. The van der Waals surface area contributed by atoms with Gasteiger partial charge in [0.05, 0.1) is 11.4 Å². The Morgan fingerprint density at radius 1 is 1.34 bits per heavy atom. The predicted molar refractivity (Wildman–Crippen MR) is 126 cm³/mol. The molecule has 1 atom stereocenters. The number of halogens is 2. The molecule has 1 aromatic heterocycles. The summed E-state index contributed by atoms with van der Waals surface area (Å²) in [6.07, 6.45) is 2.88. The number of rotatable bonds is 5. The summed E-state index contributed by atoms with van der Waals surface area (Å²) in [6, 6.07) is 5.51. The third-order valence-corrected chi connectivity index (χ3v) is 5.28. The summed E-state index contributed by atoms with van der Waals surface area (Å²) in [4.78, 5) is 6.46. The largest absolute Gasteiger partial charge is 0.367 e. The van der Waals surface area contributed by atoms with Crippen LogP contribution >= 0.6 is 24.0 Å². The lowest BCUT2D eigenvalue weighted by Crippen LogP contribution is -2.51. The molecule has 160 valence electrons. The van der Waals surface area contributed by atoms with Crippen LogP contribution in [0.3, 0.4) is 0 Å². The van der Waals surface area contributed by atoms with E-state index in [2.05, 4.69) is 25.7 Å². The molecule has 1 aliphatic heterocycles. The zero-order valence-electron chi connectivity index (χ0n) is 17.6. The van der Waals surface area contributed by atoms with Gasteiger partial charge in [0, 0.05) is 38.3 Å². The van der Waals surface area contributed by atoms with E-state index < -0.39 is 0 Å². The number of hydrogen-bond acceptors (Lipinski definition) is 4. The number of piperidine rings is 1. The summed E-state index contributed by atoms with van der Waals surface area (Å²) in [6.45, 7) is 8.25. The van der Waals surface area contributed by atoms with E-state index in [4.69, 9.17) is 4.52 Å². The van der Waals surface area contributed by atoms with Crippen molar-refractivity contribution in [3.8, 4) is 0 Å². The lowest BCUT2D eigenvalue weighted by molar-refractivity contribution is 0.392. The van der Waals surface area contributed by atoms with E-state index >= 15 is 0 Å². The minimum Gasteiger partial charge on any atom is -0.367 e. The molecule has 1 unspecified atom stereocenters. The molecular weight excluding hydrogens is 484 g/mol. The quantitative estimate of drug-likeness (QED) is 0.361. The number of guanidine groups is 1. The summed E-state index contributed by atoms with van der Waals surface area (Å²) in [5.74, 6) is 1.47. The Hall–Kier alpha value is -1.84. The van der Waals surface area contributed by atoms with E-state index in [0.717, 1.165) is 67.4 Å². The fourth-order valence-electron chi connectivity index (χ4n) is 3.73. The van der Waals surface area contributed by atoms with Crippen molar-refractivity contribution in [2.75, 3.05) is 31.6 Å². The zero-order chi connectivity index (χ0) is 20.1. The van der Waals surface area contributed by atoms with Gasteiger partial charge in [-0.15, -0.1) is 24.0 Å². The van der Waals surface area contributed by atoms with Crippen LogP contribution in [-0.4, -0.2) is 43.8 Å². The monoisotopic (exact) mass is 515 g/mol. The van der Waals surface area contributed by atoms with Crippen molar-refractivity contribution in [2.45, 2.75) is 46.1 Å². The Bertz CT molecular complexity index is 819. The number of nitrogens with one attached hydrogen (secondary N) is 2. The molecule has 1 aliphatic rings. The van der Waals surface area contributed by atoms with Gasteiger partial charge < -0.3 is 20.1 Å². The van der Waals surface area contributed by atoms with Gasteiger partial charge in [-0.1, -0.05) is 11.2 Å². The normalized spacial score (nSPS) is 17.1. The molecule has 0 amide bonds. The number of hydrogen-bond donors (Lipinski definition) is 2. The minimum atomic E-state index is -0.159. The second kappa shape index (κ2) is 10.8. The molecule has 2 aromatic rings. The van der Waals surface area contributed by atoms with Crippen LogP contribution in [0.2, 0.25) is 0 Å². The maximum absolute atomic E-state index is 14.3. The highest BCUT2D eigenvalue weighted by atomic mass is 127. The average molecular weight is 515 g/mol. The Labute approximate surface area is 189 Å². The molecule has 1 aromatic carbocycles. The average Bonchev–Trinajstić information content (AvgIpc) is 3.01. The van der Waals surface area contributed by atoms with Crippen molar-refractivity contribution in [2.24, 2.45) is 4.99 Å². The Kier molecular flexibility index (Phi) is 8.73. The van der Waals surface area contributed by atoms with Crippen molar-refractivity contribution >= 4 is 35.6 Å². The van der Waals surface area contributed by atoms with Gasteiger partial charge in [0.25, 0.3) is 0 Å². The fraction of sp³-hybridized carbons (Fsp3) is 0.524. The molecule has 6 nitrogen and oxygen atoms in total. The van der Waals surface area contributed by atoms with Gasteiger partial charge in [0.1, 0.15) is 11.6 Å². The van der Waals surface area contributed by atoms with Crippen molar-refractivity contribution in [1.29, 1.82) is 0 Å². The van der Waals surface area contributed by atoms with Crippen LogP contribution in [0, 0.1) is 26.6 Å². The Balaban J connectivity index is 0.00000300. The molecule has 8 heteroatoms. The lowest BCUT2D eigenvalue weighted by Gasteiger charge is -2.35. The Morgan fingerprint density at radius 3 is 2.83 bits per heavy atom. The van der Waals surface area contributed by atoms with Crippen molar-refractivity contribution in [3.05, 3.63) is 46.6 Å². The van der Waals surface area contributed by atoms with E-state index in [9.17, 15) is 4.39 Å². The highest BCUT2D eigenvalue weighted by molar-refractivity contribution is 14.0. The fourth-order valence-corrected chi connectivity index (χ4v) is 3.73.